The molecule has 0 bridgehead atoms. The molecule has 1 amide bonds. The number of nitrogens with zero attached hydrogens (tertiary/aromatic N) is 2. The highest BCUT2D eigenvalue weighted by Crippen LogP contribution is 2.43. The van der Waals surface area contributed by atoms with Gasteiger partial charge in [0.2, 0.25) is 0 Å². The Morgan fingerprint density at radius 1 is 1.12 bits per heavy atom. The second-order valence-electron chi connectivity index (χ2n) is 8.72. The molecule has 1 N–H and O–H groups in total. The Labute approximate surface area is 188 Å². The molecule has 0 spiro atoms. The van der Waals surface area contributed by atoms with E-state index in [-0.39, 0.29) is 12.2 Å². The Balaban J connectivity index is 1.61. The minimum atomic E-state index is -1.91. The van der Waals surface area contributed by atoms with Gasteiger partial charge in [-0.2, -0.15) is 0 Å². The van der Waals surface area contributed by atoms with Crippen molar-refractivity contribution in [1.82, 2.24) is 4.90 Å². The van der Waals surface area contributed by atoms with E-state index in [0.717, 1.165) is 25.9 Å². The third-order valence-electron chi connectivity index (χ3n) is 6.58. The number of hydrogen-bond donors (Lipinski definition) is 1. The summed E-state index contributed by atoms with van der Waals surface area (Å²) in [4.78, 5) is 30.5. The van der Waals surface area contributed by atoms with E-state index in [9.17, 15) is 14.7 Å². The highest BCUT2D eigenvalue weighted by atomic mass is 16.5. The molecule has 2 aromatic carbocycles. The van der Waals surface area contributed by atoms with Crippen LogP contribution < -0.4 is 14.4 Å². The summed E-state index contributed by atoms with van der Waals surface area (Å²) in [5, 5.41) is 11.6. The van der Waals surface area contributed by atoms with E-state index in [1.807, 2.05) is 12.1 Å². The van der Waals surface area contributed by atoms with Gasteiger partial charge in [0.05, 0.1) is 38.6 Å². The molecule has 0 saturated carbocycles. The lowest BCUT2D eigenvalue weighted by Gasteiger charge is -2.34. The van der Waals surface area contributed by atoms with E-state index < -0.39 is 11.5 Å². The number of para-hydroxylation sites is 1. The van der Waals surface area contributed by atoms with Crippen molar-refractivity contribution in [3.05, 3.63) is 53.6 Å². The first-order chi connectivity index (χ1) is 15.4. The fourth-order valence-electron chi connectivity index (χ4n) is 4.58. The average molecular weight is 439 g/mol. The fourth-order valence-corrected chi connectivity index (χ4v) is 4.58. The Bertz CT molecular complexity index is 1020. The zero-order chi connectivity index (χ0) is 22.9. The third-order valence-corrected chi connectivity index (χ3v) is 6.58. The zero-order valence-corrected chi connectivity index (χ0v) is 18.8. The van der Waals surface area contributed by atoms with Crippen molar-refractivity contribution in [3.63, 3.8) is 0 Å². The Kier molecular flexibility index (Phi) is 6.22. The van der Waals surface area contributed by atoms with Crippen LogP contribution in [0.15, 0.2) is 42.5 Å². The normalized spacial score (nSPS) is 21.5. The average Bonchev–Trinajstić information content (AvgIpc) is 3.01. The molecule has 4 rings (SSSR count). The summed E-state index contributed by atoms with van der Waals surface area (Å²) in [5.74, 6) is 0.751. The topological polar surface area (TPSA) is 79.3 Å². The molecule has 1 atom stereocenters. The first-order valence-corrected chi connectivity index (χ1v) is 11.0. The number of methoxy groups -OCH3 is 2. The lowest BCUT2D eigenvalue weighted by Crippen LogP contribution is -2.48. The summed E-state index contributed by atoms with van der Waals surface area (Å²) in [6.45, 7) is 4.47. The first-order valence-electron chi connectivity index (χ1n) is 11.0. The molecule has 7 nitrogen and oxygen atoms in total. The number of Topliss-reactive ketones (excluding diaryl/α,β-unsaturated/α-hetero) is 1. The molecule has 32 heavy (non-hydrogen) atoms. The van der Waals surface area contributed by atoms with Gasteiger partial charge in [0.25, 0.3) is 5.91 Å². The second-order valence-corrected chi connectivity index (χ2v) is 8.72. The molecular formula is C25H30N2O5. The van der Waals surface area contributed by atoms with Crippen LogP contribution >= 0.6 is 0 Å². The maximum Gasteiger partial charge on any atom is 0.265 e. The second kappa shape index (κ2) is 8.92. The number of hydrogen-bond acceptors (Lipinski definition) is 6. The van der Waals surface area contributed by atoms with Gasteiger partial charge in [0, 0.05) is 24.7 Å². The number of carbonyl (C=O) groups excluding carboxylic acids is 2. The molecule has 2 aliphatic rings. The van der Waals surface area contributed by atoms with E-state index in [1.54, 1.807) is 35.2 Å². The van der Waals surface area contributed by atoms with Crippen molar-refractivity contribution in [2.75, 3.05) is 38.9 Å². The van der Waals surface area contributed by atoms with Crippen molar-refractivity contribution in [2.45, 2.75) is 31.8 Å². The van der Waals surface area contributed by atoms with Gasteiger partial charge in [-0.3, -0.25) is 19.4 Å². The number of benzene rings is 2. The molecule has 0 radical (unpaired) electrons. The number of ether oxygens (including phenoxy) is 2. The number of amides is 1. The zero-order valence-electron chi connectivity index (χ0n) is 18.8. The number of rotatable bonds is 7. The van der Waals surface area contributed by atoms with E-state index in [1.165, 1.54) is 14.2 Å². The maximum atomic E-state index is 13.5. The highest BCUT2D eigenvalue weighted by Gasteiger charge is 2.51. The van der Waals surface area contributed by atoms with Gasteiger partial charge in [-0.15, -0.1) is 0 Å². The quantitative estimate of drug-likeness (QED) is 0.669. The number of likely N-dealkylation sites (tertiary alicyclic amines) is 1. The number of carbonyl (C=O) groups is 2. The van der Waals surface area contributed by atoms with Crippen LogP contribution in [0.3, 0.4) is 0 Å². The van der Waals surface area contributed by atoms with Crippen LogP contribution in [0.1, 0.15) is 42.1 Å². The van der Waals surface area contributed by atoms with Crippen LogP contribution in [0.2, 0.25) is 0 Å². The highest BCUT2D eigenvalue weighted by molar-refractivity contribution is 6.11. The Hall–Kier alpha value is -2.90. The molecule has 1 saturated heterocycles. The van der Waals surface area contributed by atoms with Crippen molar-refractivity contribution < 1.29 is 24.2 Å². The van der Waals surface area contributed by atoms with Crippen LogP contribution in [-0.4, -0.2) is 55.7 Å². The summed E-state index contributed by atoms with van der Waals surface area (Å²) in [7, 11) is 3.00. The largest absolute Gasteiger partial charge is 0.497 e. The van der Waals surface area contributed by atoms with Gasteiger partial charge in [0.15, 0.2) is 11.4 Å². The van der Waals surface area contributed by atoms with Gasteiger partial charge >= 0.3 is 0 Å². The third kappa shape index (κ3) is 3.98. The molecule has 0 aromatic heterocycles. The molecule has 1 unspecified atom stereocenters. The lowest BCUT2D eigenvalue weighted by atomic mass is 9.88. The number of ketones is 1. The van der Waals surface area contributed by atoms with Crippen LogP contribution in [0.4, 0.5) is 5.69 Å². The summed E-state index contributed by atoms with van der Waals surface area (Å²) in [5.41, 5.74) is -0.485. The van der Waals surface area contributed by atoms with Crippen LogP contribution in [0, 0.1) is 5.92 Å². The fraction of sp³-hybridized carbons (Fsp3) is 0.440. The van der Waals surface area contributed by atoms with E-state index in [2.05, 4.69) is 11.8 Å². The molecule has 2 aromatic rings. The number of anilines is 1. The molecule has 2 heterocycles. The van der Waals surface area contributed by atoms with E-state index in [0.29, 0.717) is 40.9 Å². The number of piperidine rings is 1. The Morgan fingerprint density at radius 3 is 2.53 bits per heavy atom. The molecule has 2 aliphatic heterocycles. The predicted molar refractivity (Wildman–Crippen MR) is 121 cm³/mol. The monoisotopic (exact) mass is 438 g/mol. The SMILES string of the molecule is COc1ccc(C(=O)CC2(O)C(=O)N(CN3CCC(C)CC3)c3ccccc32)c(OC)c1. The van der Waals surface area contributed by atoms with Gasteiger partial charge in [-0.05, 0) is 37.0 Å². The summed E-state index contributed by atoms with van der Waals surface area (Å²) >= 11 is 0. The summed E-state index contributed by atoms with van der Waals surface area (Å²) in [6.07, 6.45) is 1.81. The van der Waals surface area contributed by atoms with Gasteiger partial charge in [-0.1, -0.05) is 25.1 Å². The standard InChI is InChI=1S/C25H30N2O5/c1-17-10-12-26(13-11-17)16-27-21-7-5-4-6-20(21)25(30,24(27)29)15-22(28)19-9-8-18(31-2)14-23(19)32-3/h4-9,14,17,30H,10-13,15-16H2,1-3H3. The molecule has 170 valence electrons. The van der Waals surface area contributed by atoms with Gasteiger partial charge in [0.1, 0.15) is 11.5 Å². The minimum Gasteiger partial charge on any atom is -0.497 e. The van der Waals surface area contributed by atoms with Crippen LogP contribution in [0.5, 0.6) is 11.5 Å². The van der Waals surface area contributed by atoms with Crippen molar-refractivity contribution in [2.24, 2.45) is 5.92 Å². The first kappa shape index (κ1) is 22.3. The smallest absolute Gasteiger partial charge is 0.265 e. The van der Waals surface area contributed by atoms with Crippen LogP contribution in [0.25, 0.3) is 0 Å². The maximum absolute atomic E-state index is 13.5. The van der Waals surface area contributed by atoms with Crippen molar-refractivity contribution >= 4 is 17.4 Å². The van der Waals surface area contributed by atoms with Gasteiger partial charge in [-0.25, -0.2) is 0 Å². The van der Waals surface area contributed by atoms with Crippen LogP contribution in [-0.2, 0) is 10.4 Å². The van der Waals surface area contributed by atoms with Crippen molar-refractivity contribution in [1.29, 1.82) is 0 Å². The molecule has 0 aliphatic carbocycles. The molecule has 1 fully saturated rings. The molecule has 7 heteroatoms. The lowest BCUT2D eigenvalue weighted by molar-refractivity contribution is -0.136. The van der Waals surface area contributed by atoms with E-state index in [4.69, 9.17) is 9.47 Å². The van der Waals surface area contributed by atoms with Crippen molar-refractivity contribution in [3.8, 4) is 11.5 Å². The number of fused-ring (bicyclic) bond motifs is 1. The summed E-state index contributed by atoms with van der Waals surface area (Å²) in [6, 6.07) is 12.1. The minimum absolute atomic E-state index is 0.301. The van der Waals surface area contributed by atoms with Gasteiger partial charge < -0.3 is 14.6 Å². The number of aliphatic hydroxyl groups is 1. The molecular weight excluding hydrogens is 408 g/mol. The Morgan fingerprint density at radius 2 is 1.84 bits per heavy atom. The summed E-state index contributed by atoms with van der Waals surface area (Å²) < 4.78 is 10.5. The van der Waals surface area contributed by atoms with E-state index >= 15 is 0 Å². The predicted octanol–water partition coefficient (Wildman–Crippen LogP) is 3.20.